The number of carbonyl (C=O) groups excluding carboxylic acids is 1. The van der Waals surface area contributed by atoms with Gasteiger partial charge >= 0.3 is 0 Å². The molecular weight excluding hydrogens is 304 g/mol. The van der Waals surface area contributed by atoms with Gasteiger partial charge in [-0.15, -0.1) is 0 Å². The van der Waals surface area contributed by atoms with E-state index in [9.17, 15) is 21.6 Å². The molecule has 0 aliphatic carbocycles. The third kappa shape index (κ3) is 3.78. The van der Waals surface area contributed by atoms with Crippen LogP contribution in [0.1, 0.15) is 13.8 Å². The average Bonchev–Trinajstić information content (AvgIpc) is 2.38. The maximum Gasteiger partial charge on any atom is 0.241 e. The Bertz CT molecular complexity index is 693. The topological polar surface area (TPSA) is 123 Å². The van der Waals surface area contributed by atoms with E-state index < -0.39 is 31.8 Å². The van der Waals surface area contributed by atoms with Crippen molar-refractivity contribution in [1.82, 2.24) is 4.72 Å². The highest BCUT2D eigenvalue weighted by Gasteiger charge is 2.21. The molecule has 9 heteroatoms. The van der Waals surface area contributed by atoms with Gasteiger partial charge in [-0.25, -0.2) is 16.8 Å². The number of carbonyl (C=O) groups is 1. The number of amides is 1. The van der Waals surface area contributed by atoms with Crippen molar-refractivity contribution in [2.75, 3.05) is 5.75 Å². The first-order chi connectivity index (χ1) is 9.10. The summed E-state index contributed by atoms with van der Waals surface area (Å²) in [6, 6.07) is 3.70. The van der Waals surface area contributed by atoms with Gasteiger partial charge in [0.1, 0.15) is 0 Å². The number of rotatable bonds is 6. The fourth-order valence-electron chi connectivity index (χ4n) is 1.35. The van der Waals surface area contributed by atoms with Crippen LogP contribution in [-0.4, -0.2) is 34.5 Å². The second-order valence-corrected chi connectivity index (χ2v) is 8.11. The van der Waals surface area contributed by atoms with Gasteiger partial charge in [0, 0.05) is 0 Å². The molecule has 0 bridgehead atoms. The summed E-state index contributed by atoms with van der Waals surface area (Å²) in [5, 5.41) is 0. The van der Waals surface area contributed by atoms with Crippen LogP contribution in [0.4, 0.5) is 0 Å². The zero-order valence-corrected chi connectivity index (χ0v) is 12.7. The molecule has 20 heavy (non-hydrogen) atoms. The van der Waals surface area contributed by atoms with Crippen LogP contribution < -0.4 is 10.5 Å². The predicted molar refractivity (Wildman–Crippen MR) is 73.1 cm³/mol. The van der Waals surface area contributed by atoms with E-state index >= 15 is 0 Å². The summed E-state index contributed by atoms with van der Waals surface area (Å²) < 4.78 is 49.1. The summed E-state index contributed by atoms with van der Waals surface area (Å²) in [6.07, 6.45) is 0. The second kappa shape index (κ2) is 5.90. The molecule has 0 aliphatic rings. The summed E-state index contributed by atoms with van der Waals surface area (Å²) in [5.74, 6) is -0.880. The minimum absolute atomic E-state index is 0.0434. The van der Waals surface area contributed by atoms with Crippen LogP contribution in [0.2, 0.25) is 0 Å². The van der Waals surface area contributed by atoms with Crippen LogP contribution >= 0.6 is 0 Å². The van der Waals surface area contributed by atoms with Gasteiger partial charge in [-0.05, 0) is 31.2 Å². The van der Waals surface area contributed by atoms with Crippen molar-refractivity contribution in [1.29, 1.82) is 0 Å². The van der Waals surface area contributed by atoms with Gasteiger partial charge in [-0.2, -0.15) is 4.72 Å². The van der Waals surface area contributed by atoms with Gasteiger partial charge in [0.15, 0.2) is 9.84 Å². The first-order valence-corrected chi connectivity index (χ1v) is 8.88. The molecule has 1 aromatic carbocycles. The quantitative estimate of drug-likeness (QED) is 0.740. The first-order valence-electron chi connectivity index (χ1n) is 5.74. The van der Waals surface area contributed by atoms with Gasteiger partial charge in [0.25, 0.3) is 0 Å². The molecule has 1 atom stereocenters. The largest absolute Gasteiger partial charge is 0.368 e. The zero-order chi connectivity index (χ0) is 15.6. The highest BCUT2D eigenvalue weighted by atomic mass is 32.2. The fraction of sp³-hybridized carbons (Fsp3) is 0.364. The number of hydrogen-bond acceptors (Lipinski definition) is 5. The summed E-state index contributed by atoms with van der Waals surface area (Å²) in [4.78, 5) is 10.8. The smallest absolute Gasteiger partial charge is 0.241 e. The monoisotopic (exact) mass is 320 g/mol. The van der Waals surface area contributed by atoms with Gasteiger partial charge in [0.2, 0.25) is 15.9 Å². The van der Waals surface area contributed by atoms with Crippen LogP contribution in [0, 0.1) is 0 Å². The summed E-state index contributed by atoms with van der Waals surface area (Å²) in [5.41, 5.74) is 4.98. The molecule has 0 saturated carbocycles. The van der Waals surface area contributed by atoms with Crippen LogP contribution in [-0.2, 0) is 24.7 Å². The lowest BCUT2D eigenvalue weighted by molar-refractivity contribution is -0.119. The van der Waals surface area contributed by atoms with Gasteiger partial charge in [-0.3, -0.25) is 4.79 Å². The Morgan fingerprint density at radius 2 is 1.60 bits per heavy atom. The zero-order valence-electron chi connectivity index (χ0n) is 11.0. The lowest BCUT2D eigenvalue weighted by Gasteiger charge is -2.11. The Morgan fingerprint density at radius 3 is 2.00 bits per heavy atom. The van der Waals surface area contributed by atoms with E-state index in [4.69, 9.17) is 5.73 Å². The van der Waals surface area contributed by atoms with Gasteiger partial charge < -0.3 is 5.73 Å². The maximum absolute atomic E-state index is 11.9. The molecule has 0 heterocycles. The second-order valence-electron chi connectivity index (χ2n) is 4.12. The number of nitrogens with two attached hydrogens (primary N) is 1. The molecule has 0 spiro atoms. The van der Waals surface area contributed by atoms with E-state index in [1.807, 2.05) is 0 Å². The molecule has 1 unspecified atom stereocenters. The number of primary amides is 1. The summed E-state index contributed by atoms with van der Waals surface area (Å²) >= 11 is 0. The average molecular weight is 320 g/mol. The normalized spacial score (nSPS) is 13.9. The first kappa shape index (κ1) is 16.6. The van der Waals surface area contributed by atoms with Crippen LogP contribution in [0.5, 0.6) is 0 Å². The Balaban J connectivity index is 3.08. The molecule has 0 saturated heterocycles. The number of sulfonamides is 1. The third-order valence-electron chi connectivity index (χ3n) is 2.63. The molecule has 0 aliphatic heterocycles. The van der Waals surface area contributed by atoms with Crippen molar-refractivity contribution in [2.45, 2.75) is 29.7 Å². The third-order valence-corrected chi connectivity index (χ3v) is 5.94. The van der Waals surface area contributed by atoms with Crippen LogP contribution in [0.25, 0.3) is 0 Å². The number of hydrogen-bond donors (Lipinski definition) is 2. The SMILES string of the molecule is CCS(=O)(=O)c1ccc(S(=O)(=O)NC(C)C(N)=O)cc1. The molecule has 3 N–H and O–H groups in total. The Morgan fingerprint density at radius 1 is 1.15 bits per heavy atom. The van der Waals surface area contributed by atoms with E-state index in [-0.39, 0.29) is 15.5 Å². The molecule has 1 amide bonds. The maximum atomic E-state index is 11.9. The molecule has 0 aromatic heterocycles. The van der Waals surface area contributed by atoms with E-state index in [0.717, 1.165) is 0 Å². The molecule has 112 valence electrons. The van der Waals surface area contributed by atoms with E-state index in [2.05, 4.69) is 4.72 Å². The van der Waals surface area contributed by atoms with Crippen molar-refractivity contribution in [3.8, 4) is 0 Å². The Hall–Kier alpha value is -1.45. The number of nitrogens with one attached hydrogen (secondary N) is 1. The number of sulfone groups is 1. The summed E-state index contributed by atoms with van der Waals surface area (Å²) in [6.45, 7) is 2.81. The molecular formula is C11H16N2O5S2. The Kier molecular flexibility index (Phi) is 4.90. The van der Waals surface area contributed by atoms with Gasteiger partial charge in [-0.1, -0.05) is 6.92 Å². The summed E-state index contributed by atoms with van der Waals surface area (Å²) in [7, 11) is -7.31. The highest BCUT2D eigenvalue weighted by molar-refractivity contribution is 7.91. The fourth-order valence-corrected chi connectivity index (χ4v) is 3.45. The molecule has 1 aromatic rings. The minimum atomic E-state index is -3.92. The van der Waals surface area contributed by atoms with Crippen LogP contribution in [0.3, 0.4) is 0 Å². The molecule has 1 rings (SSSR count). The van der Waals surface area contributed by atoms with Crippen molar-refractivity contribution < 1.29 is 21.6 Å². The van der Waals surface area contributed by atoms with Gasteiger partial charge in [0.05, 0.1) is 21.6 Å². The molecule has 7 nitrogen and oxygen atoms in total. The lowest BCUT2D eigenvalue weighted by atomic mass is 10.4. The predicted octanol–water partition coefficient (Wildman–Crippen LogP) is -0.368. The van der Waals surface area contributed by atoms with Crippen molar-refractivity contribution in [2.24, 2.45) is 5.73 Å². The lowest BCUT2D eigenvalue weighted by Crippen LogP contribution is -2.42. The van der Waals surface area contributed by atoms with E-state index in [0.29, 0.717) is 0 Å². The van der Waals surface area contributed by atoms with E-state index in [1.165, 1.54) is 38.1 Å². The highest BCUT2D eigenvalue weighted by Crippen LogP contribution is 2.15. The molecule has 0 fully saturated rings. The van der Waals surface area contributed by atoms with E-state index in [1.54, 1.807) is 0 Å². The molecule has 0 radical (unpaired) electrons. The van der Waals surface area contributed by atoms with Crippen LogP contribution in [0.15, 0.2) is 34.1 Å². The van der Waals surface area contributed by atoms with Crippen molar-refractivity contribution >= 4 is 25.8 Å². The number of benzene rings is 1. The van der Waals surface area contributed by atoms with Crippen molar-refractivity contribution in [3.63, 3.8) is 0 Å². The van der Waals surface area contributed by atoms with Crippen molar-refractivity contribution in [3.05, 3.63) is 24.3 Å². The minimum Gasteiger partial charge on any atom is -0.368 e. The Labute approximate surface area is 118 Å². The standard InChI is InChI=1S/C11H16N2O5S2/c1-3-19(15,16)9-4-6-10(7-5-9)20(17,18)13-8(2)11(12)14/h4-8,13H,3H2,1-2H3,(H2,12,14).